The fourth-order valence-corrected chi connectivity index (χ4v) is 1.88. The number of amides is 1. The van der Waals surface area contributed by atoms with Gasteiger partial charge in [0.2, 0.25) is 5.91 Å². The van der Waals surface area contributed by atoms with Gasteiger partial charge < -0.3 is 9.64 Å². The maximum absolute atomic E-state index is 11.4. The van der Waals surface area contributed by atoms with Gasteiger partial charge in [-0.05, 0) is 25.2 Å². The van der Waals surface area contributed by atoms with Crippen molar-refractivity contribution in [3.63, 3.8) is 0 Å². The minimum absolute atomic E-state index is 0.154. The molecular formula is C11H19NO3. The molecule has 1 fully saturated rings. The van der Waals surface area contributed by atoms with E-state index in [1.54, 1.807) is 4.90 Å². The van der Waals surface area contributed by atoms with Crippen molar-refractivity contribution in [3.8, 4) is 0 Å². The largest absolute Gasteiger partial charge is 0.469 e. The molecule has 0 bridgehead atoms. The number of esters is 1. The topological polar surface area (TPSA) is 46.6 Å². The smallest absolute Gasteiger partial charge is 0.305 e. The van der Waals surface area contributed by atoms with Gasteiger partial charge in [-0.25, -0.2) is 0 Å². The van der Waals surface area contributed by atoms with Gasteiger partial charge in [-0.3, -0.25) is 9.59 Å². The molecule has 1 amide bonds. The van der Waals surface area contributed by atoms with Gasteiger partial charge in [0.05, 0.1) is 7.11 Å². The molecule has 0 aromatic rings. The van der Waals surface area contributed by atoms with E-state index < -0.39 is 0 Å². The number of hydrogen-bond donors (Lipinski definition) is 0. The summed E-state index contributed by atoms with van der Waals surface area (Å²) in [5.74, 6) is 0.549. The molecular weight excluding hydrogens is 194 g/mol. The van der Waals surface area contributed by atoms with Crippen LogP contribution >= 0.6 is 0 Å². The summed E-state index contributed by atoms with van der Waals surface area (Å²) in [6.45, 7) is 0.810. The lowest BCUT2D eigenvalue weighted by Crippen LogP contribution is -2.25. The van der Waals surface area contributed by atoms with Crippen LogP contribution in [0.1, 0.15) is 32.1 Å². The van der Waals surface area contributed by atoms with E-state index in [2.05, 4.69) is 4.74 Å². The highest BCUT2D eigenvalue weighted by Crippen LogP contribution is 2.22. The molecule has 1 aliphatic rings. The number of ether oxygens (including phenoxy) is 1. The summed E-state index contributed by atoms with van der Waals surface area (Å²) in [7, 11) is 3.25. The van der Waals surface area contributed by atoms with Gasteiger partial charge >= 0.3 is 5.97 Å². The van der Waals surface area contributed by atoms with Gasteiger partial charge in [-0.15, -0.1) is 0 Å². The van der Waals surface area contributed by atoms with Gasteiger partial charge in [-0.2, -0.15) is 0 Å². The van der Waals surface area contributed by atoms with Gasteiger partial charge in [0.25, 0.3) is 0 Å². The first-order valence-corrected chi connectivity index (χ1v) is 5.44. The number of carbonyl (C=O) groups is 2. The van der Waals surface area contributed by atoms with Crippen molar-refractivity contribution in [1.82, 2.24) is 4.90 Å². The van der Waals surface area contributed by atoms with Gasteiger partial charge in [0, 0.05) is 26.4 Å². The molecule has 86 valence electrons. The highest BCUT2D eigenvalue weighted by molar-refractivity contribution is 5.76. The molecule has 1 rings (SSSR count). The molecule has 4 heteroatoms. The van der Waals surface area contributed by atoms with Crippen LogP contribution in [0.4, 0.5) is 0 Å². The minimum Gasteiger partial charge on any atom is -0.469 e. The van der Waals surface area contributed by atoms with Crippen LogP contribution < -0.4 is 0 Å². The number of hydrogen-bond acceptors (Lipinski definition) is 3. The normalized spacial score (nSPS) is 22.4. The van der Waals surface area contributed by atoms with Crippen LogP contribution in [0.2, 0.25) is 0 Å². The Morgan fingerprint density at radius 2 is 2.27 bits per heavy atom. The van der Waals surface area contributed by atoms with Crippen molar-refractivity contribution in [3.05, 3.63) is 0 Å². The second-order valence-electron chi connectivity index (χ2n) is 4.12. The number of rotatable bonds is 3. The summed E-state index contributed by atoms with van der Waals surface area (Å²) in [6, 6.07) is 0. The Hall–Kier alpha value is -1.06. The van der Waals surface area contributed by atoms with Crippen molar-refractivity contribution >= 4 is 11.9 Å². The van der Waals surface area contributed by atoms with Crippen LogP contribution in [0, 0.1) is 5.92 Å². The van der Waals surface area contributed by atoms with Crippen LogP contribution in [-0.2, 0) is 14.3 Å². The summed E-state index contributed by atoms with van der Waals surface area (Å²) in [5, 5.41) is 0. The molecule has 0 saturated carbocycles. The molecule has 1 unspecified atom stereocenters. The van der Waals surface area contributed by atoms with Crippen LogP contribution in [-0.4, -0.2) is 37.5 Å². The van der Waals surface area contributed by atoms with Gasteiger partial charge in [-0.1, -0.05) is 0 Å². The summed E-state index contributed by atoms with van der Waals surface area (Å²) >= 11 is 0. The van der Waals surface area contributed by atoms with E-state index in [0.29, 0.717) is 18.8 Å². The zero-order valence-corrected chi connectivity index (χ0v) is 9.49. The maximum Gasteiger partial charge on any atom is 0.305 e. The zero-order chi connectivity index (χ0) is 11.3. The third kappa shape index (κ3) is 3.90. The lowest BCUT2D eigenvalue weighted by molar-refractivity contribution is -0.141. The summed E-state index contributed by atoms with van der Waals surface area (Å²) < 4.78 is 4.60. The van der Waals surface area contributed by atoms with Gasteiger partial charge in [0.1, 0.15) is 0 Å². The average Bonchev–Trinajstić information content (AvgIpc) is 2.40. The molecule has 1 aliphatic heterocycles. The Kier molecular flexibility index (Phi) is 4.59. The molecule has 0 N–H and O–H groups in total. The Morgan fingerprint density at radius 1 is 1.53 bits per heavy atom. The van der Waals surface area contributed by atoms with E-state index in [-0.39, 0.29) is 11.9 Å². The standard InChI is InChI=1S/C11H19NO3/c1-12-8-7-9(3-5-10(12)13)4-6-11(14)15-2/h9H,3-8H2,1-2H3. The Bertz CT molecular complexity index is 240. The van der Waals surface area contributed by atoms with E-state index in [1.165, 1.54) is 7.11 Å². The second-order valence-corrected chi connectivity index (χ2v) is 4.12. The van der Waals surface area contributed by atoms with Crippen molar-refractivity contribution in [2.45, 2.75) is 32.1 Å². The third-order valence-electron chi connectivity index (χ3n) is 3.05. The first-order chi connectivity index (χ1) is 7.13. The number of nitrogens with zero attached hydrogens (tertiary/aromatic N) is 1. The zero-order valence-electron chi connectivity index (χ0n) is 9.49. The van der Waals surface area contributed by atoms with Crippen molar-refractivity contribution < 1.29 is 14.3 Å². The van der Waals surface area contributed by atoms with Crippen LogP contribution in [0.5, 0.6) is 0 Å². The molecule has 1 saturated heterocycles. The molecule has 0 radical (unpaired) electrons. The Balaban J connectivity index is 2.31. The number of carbonyl (C=O) groups excluding carboxylic acids is 2. The minimum atomic E-state index is -0.154. The number of likely N-dealkylation sites (tertiary alicyclic amines) is 1. The molecule has 1 heterocycles. The predicted octanol–water partition coefficient (Wildman–Crippen LogP) is 1.20. The first kappa shape index (κ1) is 12.0. The maximum atomic E-state index is 11.4. The molecule has 1 atom stereocenters. The first-order valence-electron chi connectivity index (χ1n) is 5.44. The fraction of sp³-hybridized carbons (Fsp3) is 0.818. The summed E-state index contributed by atoms with van der Waals surface area (Å²) in [5.41, 5.74) is 0. The van der Waals surface area contributed by atoms with E-state index in [0.717, 1.165) is 25.8 Å². The average molecular weight is 213 g/mol. The molecule has 0 spiro atoms. The van der Waals surface area contributed by atoms with Crippen LogP contribution in [0.15, 0.2) is 0 Å². The van der Waals surface area contributed by atoms with Crippen molar-refractivity contribution in [2.24, 2.45) is 5.92 Å². The van der Waals surface area contributed by atoms with Gasteiger partial charge in [0.15, 0.2) is 0 Å². The fourth-order valence-electron chi connectivity index (χ4n) is 1.88. The van der Waals surface area contributed by atoms with Crippen LogP contribution in [0.3, 0.4) is 0 Å². The molecule has 15 heavy (non-hydrogen) atoms. The van der Waals surface area contributed by atoms with E-state index in [4.69, 9.17) is 0 Å². The summed E-state index contributed by atoms with van der Waals surface area (Å²) in [4.78, 5) is 24.1. The van der Waals surface area contributed by atoms with Crippen LogP contribution in [0.25, 0.3) is 0 Å². The molecule has 4 nitrogen and oxygen atoms in total. The van der Waals surface area contributed by atoms with E-state index in [9.17, 15) is 9.59 Å². The van der Waals surface area contributed by atoms with E-state index >= 15 is 0 Å². The lowest BCUT2D eigenvalue weighted by Gasteiger charge is -2.14. The highest BCUT2D eigenvalue weighted by Gasteiger charge is 2.20. The quantitative estimate of drug-likeness (QED) is 0.662. The Labute approximate surface area is 90.6 Å². The van der Waals surface area contributed by atoms with Crippen molar-refractivity contribution in [1.29, 1.82) is 0 Å². The third-order valence-corrected chi connectivity index (χ3v) is 3.05. The van der Waals surface area contributed by atoms with Crippen molar-refractivity contribution in [2.75, 3.05) is 20.7 Å². The molecule has 0 aromatic carbocycles. The monoisotopic (exact) mass is 213 g/mol. The molecule has 0 aliphatic carbocycles. The predicted molar refractivity (Wildman–Crippen MR) is 56.2 cm³/mol. The van der Waals surface area contributed by atoms with E-state index in [1.807, 2.05) is 7.05 Å². The molecule has 0 aromatic heterocycles. The summed E-state index contributed by atoms with van der Waals surface area (Å²) in [6.07, 6.45) is 3.83. The second kappa shape index (κ2) is 5.73. The number of methoxy groups -OCH3 is 1. The Morgan fingerprint density at radius 3 is 2.93 bits per heavy atom. The lowest BCUT2D eigenvalue weighted by atomic mass is 9.95. The highest BCUT2D eigenvalue weighted by atomic mass is 16.5. The SMILES string of the molecule is COC(=O)CCC1CCC(=O)N(C)CC1.